The number of methoxy groups -OCH3 is 1. The van der Waals surface area contributed by atoms with Gasteiger partial charge in [0.05, 0.1) is 6.10 Å². The van der Waals surface area contributed by atoms with E-state index in [9.17, 15) is 0 Å². The fourth-order valence-electron chi connectivity index (χ4n) is 2.99. The van der Waals surface area contributed by atoms with Crippen molar-refractivity contribution >= 4 is 0 Å². The summed E-state index contributed by atoms with van der Waals surface area (Å²) in [5.41, 5.74) is 8.36. The van der Waals surface area contributed by atoms with Gasteiger partial charge < -0.3 is 10.5 Å². The lowest BCUT2D eigenvalue weighted by Gasteiger charge is -2.22. The molecule has 0 heterocycles. The van der Waals surface area contributed by atoms with Gasteiger partial charge in [0.15, 0.2) is 0 Å². The van der Waals surface area contributed by atoms with Gasteiger partial charge in [-0.05, 0) is 42.9 Å². The van der Waals surface area contributed by atoms with Crippen LogP contribution in [0.15, 0.2) is 24.3 Å². The Morgan fingerprint density at radius 3 is 2.39 bits per heavy atom. The van der Waals surface area contributed by atoms with E-state index in [-0.39, 0.29) is 6.10 Å². The van der Waals surface area contributed by atoms with Crippen LogP contribution in [0.2, 0.25) is 0 Å². The molecule has 2 heteroatoms. The molecule has 2 nitrogen and oxygen atoms in total. The molecule has 0 amide bonds. The van der Waals surface area contributed by atoms with E-state index in [1.165, 1.54) is 43.2 Å². The first-order chi connectivity index (χ1) is 8.85. The molecule has 1 aliphatic rings. The SMILES string of the molecule is COC(CCN)c1ccc(C2CCCCC2)cc1. The van der Waals surface area contributed by atoms with Crippen molar-refractivity contribution in [3.05, 3.63) is 35.4 Å². The highest BCUT2D eigenvalue weighted by molar-refractivity contribution is 5.27. The highest BCUT2D eigenvalue weighted by Crippen LogP contribution is 2.33. The van der Waals surface area contributed by atoms with Crippen LogP contribution in [0.4, 0.5) is 0 Å². The second-order valence-corrected chi connectivity index (χ2v) is 5.30. The normalized spacial score (nSPS) is 18.8. The number of hydrogen-bond donors (Lipinski definition) is 1. The van der Waals surface area contributed by atoms with Crippen LogP contribution in [0.1, 0.15) is 61.7 Å². The van der Waals surface area contributed by atoms with E-state index < -0.39 is 0 Å². The van der Waals surface area contributed by atoms with Crippen LogP contribution in [0.5, 0.6) is 0 Å². The van der Waals surface area contributed by atoms with E-state index in [0.717, 1.165) is 12.3 Å². The van der Waals surface area contributed by atoms with Crippen molar-refractivity contribution < 1.29 is 4.74 Å². The fraction of sp³-hybridized carbons (Fsp3) is 0.625. The average molecular weight is 247 g/mol. The van der Waals surface area contributed by atoms with Crippen molar-refractivity contribution in [3.8, 4) is 0 Å². The van der Waals surface area contributed by atoms with Crippen LogP contribution in [0.25, 0.3) is 0 Å². The van der Waals surface area contributed by atoms with E-state index >= 15 is 0 Å². The largest absolute Gasteiger partial charge is 0.377 e. The van der Waals surface area contributed by atoms with E-state index in [0.29, 0.717) is 6.54 Å². The van der Waals surface area contributed by atoms with Gasteiger partial charge >= 0.3 is 0 Å². The third-order valence-electron chi connectivity index (χ3n) is 4.10. The van der Waals surface area contributed by atoms with Crippen LogP contribution in [0.3, 0.4) is 0 Å². The molecule has 0 aliphatic heterocycles. The molecule has 1 saturated carbocycles. The molecule has 1 aliphatic carbocycles. The Balaban J connectivity index is 2.03. The summed E-state index contributed by atoms with van der Waals surface area (Å²) >= 11 is 0. The molecule has 0 saturated heterocycles. The number of benzene rings is 1. The summed E-state index contributed by atoms with van der Waals surface area (Å²) in [6.07, 6.45) is 7.94. The number of ether oxygens (including phenoxy) is 1. The smallest absolute Gasteiger partial charge is 0.0833 e. The number of nitrogens with two attached hydrogens (primary N) is 1. The molecule has 1 aromatic carbocycles. The van der Waals surface area contributed by atoms with Crippen molar-refractivity contribution in [3.63, 3.8) is 0 Å². The lowest BCUT2D eigenvalue weighted by molar-refractivity contribution is 0.0977. The predicted octanol–water partition coefficient (Wildman–Crippen LogP) is 3.77. The first-order valence-corrected chi connectivity index (χ1v) is 7.18. The molecular formula is C16H25NO. The molecule has 1 fully saturated rings. The highest BCUT2D eigenvalue weighted by Gasteiger charge is 2.16. The lowest BCUT2D eigenvalue weighted by atomic mass is 9.84. The zero-order valence-electron chi connectivity index (χ0n) is 11.4. The monoisotopic (exact) mass is 247 g/mol. The van der Waals surface area contributed by atoms with E-state index in [4.69, 9.17) is 10.5 Å². The maximum absolute atomic E-state index is 5.61. The molecule has 18 heavy (non-hydrogen) atoms. The quantitative estimate of drug-likeness (QED) is 0.859. The van der Waals surface area contributed by atoms with Gasteiger partial charge in [0, 0.05) is 7.11 Å². The van der Waals surface area contributed by atoms with Crippen LogP contribution in [0, 0.1) is 0 Å². The molecule has 1 unspecified atom stereocenters. The molecule has 0 spiro atoms. The Labute approximate surface area is 111 Å². The molecule has 0 aromatic heterocycles. The van der Waals surface area contributed by atoms with E-state index in [2.05, 4.69) is 24.3 Å². The third-order valence-corrected chi connectivity index (χ3v) is 4.10. The molecular weight excluding hydrogens is 222 g/mol. The van der Waals surface area contributed by atoms with Crippen molar-refractivity contribution in [2.75, 3.05) is 13.7 Å². The third kappa shape index (κ3) is 3.33. The molecule has 2 rings (SSSR count). The van der Waals surface area contributed by atoms with Crippen molar-refractivity contribution in [2.24, 2.45) is 5.73 Å². The van der Waals surface area contributed by atoms with Gasteiger partial charge in [-0.15, -0.1) is 0 Å². The Morgan fingerprint density at radius 1 is 1.17 bits per heavy atom. The average Bonchev–Trinajstić information content (AvgIpc) is 2.46. The second kappa shape index (κ2) is 6.91. The topological polar surface area (TPSA) is 35.2 Å². The highest BCUT2D eigenvalue weighted by atomic mass is 16.5. The van der Waals surface area contributed by atoms with E-state index in [1.807, 2.05) is 0 Å². The number of rotatable bonds is 5. The van der Waals surface area contributed by atoms with Crippen LogP contribution in [-0.4, -0.2) is 13.7 Å². The van der Waals surface area contributed by atoms with Crippen molar-refractivity contribution in [1.82, 2.24) is 0 Å². The van der Waals surface area contributed by atoms with Crippen molar-refractivity contribution in [1.29, 1.82) is 0 Å². The van der Waals surface area contributed by atoms with Gasteiger partial charge in [-0.3, -0.25) is 0 Å². The summed E-state index contributed by atoms with van der Waals surface area (Å²) in [4.78, 5) is 0. The van der Waals surface area contributed by atoms with Gasteiger partial charge in [-0.2, -0.15) is 0 Å². The molecule has 2 N–H and O–H groups in total. The Morgan fingerprint density at radius 2 is 1.83 bits per heavy atom. The van der Waals surface area contributed by atoms with Gasteiger partial charge in [0.1, 0.15) is 0 Å². The van der Waals surface area contributed by atoms with E-state index in [1.54, 1.807) is 7.11 Å². The molecule has 1 aromatic rings. The molecule has 100 valence electrons. The zero-order chi connectivity index (χ0) is 12.8. The maximum Gasteiger partial charge on any atom is 0.0833 e. The first kappa shape index (κ1) is 13.6. The fourth-order valence-corrected chi connectivity index (χ4v) is 2.99. The molecule has 0 radical (unpaired) electrons. The summed E-state index contributed by atoms with van der Waals surface area (Å²) in [5, 5.41) is 0. The summed E-state index contributed by atoms with van der Waals surface area (Å²) in [7, 11) is 1.76. The minimum Gasteiger partial charge on any atom is -0.377 e. The minimum atomic E-state index is 0.149. The van der Waals surface area contributed by atoms with Gasteiger partial charge in [0.2, 0.25) is 0 Å². The predicted molar refractivity (Wildman–Crippen MR) is 75.7 cm³/mol. The maximum atomic E-state index is 5.61. The summed E-state index contributed by atoms with van der Waals surface area (Å²) in [6, 6.07) is 9.00. The Hall–Kier alpha value is -0.860. The van der Waals surface area contributed by atoms with Crippen LogP contribution >= 0.6 is 0 Å². The van der Waals surface area contributed by atoms with Gasteiger partial charge in [-0.25, -0.2) is 0 Å². The zero-order valence-corrected chi connectivity index (χ0v) is 11.4. The Kier molecular flexibility index (Phi) is 5.21. The van der Waals surface area contributed by atoms with Crippen LogP contribution in [-0.2, 0) is 4.74 Å². The molecule has 0 bridgehead atoms. The standard InChI is InChI=1S/C16H25NO/c1-18-16(11-12-17)15-9-7-14(8-10-15)13-5-3-2-4-6-13/h7-10,13,16H,2-6,11-12,17H2,1H3. The Bertz CT molecular complexity index is 317. The first-order valence-electron chi connectivity index (χ1n) is 7.18. The van der Waals surface area contributed by atoms with Gasteiger partial charge in [-0.1, -0.05) is 43.5 Å². The summed E-state index contributed by atoms with van der Waals surface area (Å²) in [5.74, 6) is 0.781. The minimum absolute atomic E-state index is 0.149. The van der Waals surface area contributed by atoms with Gasteiger partial charge in [0.25, 0.3) is 0 Å². The number of hydrogen-bond acceptors (Lipinski definition) is 2. The molecule has 1 atom stereocenters. The second-order valence-electron chi connectivity index (χ2n) is 5.30. The van der Waals surface area contributed by atoms with Crippen molar-refractivity contribution in [2.45, 2.75) is 50.5 Å². The van der Waals surface area contributed by atoms with Crippen LogP contribution < -0.4 is 5.73 Å². The summed E-state index contributed by atoms with van der Waals surface area (Å²) in [6.45, 7) is 0.670. The summed E-state index contributed by atoms with van der Waals surface area (Å²) < 4.78 is 5.48. The lowest BCUT2D eigenvalue weighted by Crippen LogP contribution is -2.09.